The van der Waals surface area contributed by atoms with E-state index < -0.39 is 0 Å². The lowest BCUT2D eigenvalue weighted by Gasteiger charge is -2.13. The molecule has 6 heteroatoms. The molecule has 1 saturated heterocycles. The highest BCUT2D eigenvalue weighted by molar-refractivity contribution is 6.02. The van der Waals surface area contributed by atoms with Crippen LogP contribution in [0.4, 0.5) is 5.69 Å². The summed E-state index contributed by atoms with van der Waals surface area (Å²) in [6.45, 7) is 0.781. The van der Waals surface area contributed by atoms with Crippen LogP contribution in [0.15, 0.2) is 24.3 Å². The van der Waals surface area contributed by atoms with Gasteiger partial charge in [-0.2, -0.15) is 0 Å². The van der Waals surface area contributed by atoms with Gasteiger partial charge in [-0.3, -0.25) is 19.3 Å². The molecule has 1 heterocycles. The van der Waals surface area contributed by atoms with Crippen molar-refractivity contribution >= 4 is 23.4 Å². The third kappa shape index (κ3) is 4.13. The Labute approximate surface area is 123 Å². The number of carbonyl (C=O) groups is 3. The predicted octanol–water partition coefficient (Wildman–Crippen LogP) is 1.01. The van der Waals surface area contributed by atoms with E-state index in [2.05, 4.69) is 5.32 Å². The molecule has 0 unspecified atom stereocenters. The summed E-state index contributed by atoms with van der Waals surface area (Å²) in [7, 11) is 0. The zero-order chi connectivity index (χ0) is 15.2. The molecule has 3 amide bonds. The first-order valence-electron chi connectivity index (χ1n) is 7.02. The number of nitrogens with one attached hydrogen (secondary N) is 1. The fourth-order valence-corrected chi connectivity index (χ4v) is 2.22. The van der Waals surface area contributed by atoms with E-state index in [1.807, 2.05) is 12.1 Å². The molecule has 0 spiro atoms. The van der Waals surface area contributed by atoms with E-state index >= 15 is 0 Å². The number of amides is 3. The van der Waals surface area contributed by atoms with Crippen LogP contribution in [0.1, 0.15) is 31.2 Å². The van der Waals surface area contributed by atoms with Gasteiger partial charge in [0.2, 0.25) is 17.7 Å². The van der Waals surface area contributed by atoms with Crippen LogP contribution in [0.2, 0.25) is 0 Å². The lowest BCUT2D eigenvalue weighted by Crippen LogP contribution is -2.30. The van der Waals surface area contributed by atoms with Gasteiger partial charge in [0.25, 0.3) is 0 Å². The molecule has 0 bridgehead atoms. The van der Waals surface area contributed by atoms with Crippen LogP contribution in [0.5, 0.6) is 0 Å². The molecule has 3 N–H and O–H groups in total. The van der Waals surface area contributed by atoms with Crippen molar-refractivity contribution in [2.24, 2.45) is 5.73 Å². The molecule has 1 aliphatic rings. The summed E-state index contributed by atoms with van der Waals surface area (Å²) < 4.78 is 0. The normalized spacial score (nSPS) is 14.6. The first-order valence-corrected chi connectivity index (χ1v) is 7.02. The van der Waals surface area contributed by atoms with Crippen LogP contribution in [0.3, 0.4) is 0 Å². The van der Waals surface area contributed by atoms with Crippen molar-refractivity contribution < 1.29 is 14.4 Å². The lowest BCUT2D eigenvalue weighted by atomic mass is 10.2. The maximum absolute atomic E-state index is 11.8. The largest absolute Gasteiger partial charge is 0.326 e. The van der Waals surface area contributed by atoms with Crippen LogP contribution in [-0.2, 0) is 20.9 Å². The topological polar surface area (TPSA) is 92.5 Å². The van der Waals surface area contributed by atoms with Gasteiger partial charge < -0.3 is 11.1 Å². The molecule has 6 nitrogen and oxygen atoms in total. The minimum absolute atomic E-state index is 0.130. The molecule has 1 aromatic carbocycles. The van der Waals surface area contributed by atoms with Crippen LogP contribution in [0.25, 0.3) is 0 Å². The molecular formula is C15H19N3O3. The molecule has 0 saturated carbocycles. The highest BCUT2D eigenvalue weighted by atomic mass is 16.2. The number of hydrogen-bond acceptors (Lipinski definition) is 4. The average molecular weight is 289 g/mol. The van der Waals surface area contributed by atoms with Crippen molar-refractivity contribution in [1.82, 2.24) is 4.90 Å². The number of carbonyl (C=O) groups excluding carboxylic acids is 3. The number of imide groups is 1. The summed E-state index contributed by atoms with van der Waals surface area (Å²) in [5, 5.41) is 2.77. The maximum atomic E-state index is 11.8. The summed E-state index contributed by atoms with van der Waals surface area (Å²) >= 11 is 0. The Balaban J connectivity index is 1.74. The highest BCUT2D eigenvalue weighted by Gasteiger charge is 2.28. The number of benzene rings is 1. The van der Waals surface area contributed by atoms with Gasteiger partial charge in [0.05, 0.1) is 0 Å². The SMILES string of the molecule is NCc1ccc(NC(=O)CCCN2C(=O)CCC2=O)cc1. The molecule has 0 atom stereocenters. The Bertz CT molecular complexity index is 524. The Morgan fingerprint density at radius 3 is 2.33 bits per heavy atom. The van der Waals surface area contributed by atoms with Gasteiger partial charge in [-0.05, 0) is 24.1 Å². The molecule has 1 aliphatic heterocycles. The minimum Gasteiger partial charge on any atom is -0.326 e. The number of likely N-dealkylation sites (tertiary alicyclic amines) is 1. The van der Waals surface area contributed by atoms with Gasteiger partial charge in [-0.25, -0.2) is 0 Å². The number of rotatable bonds is 6. The Morgan fingerprint density at radius 1 is 1.14 bits per heavy atom. The van der Waals surface area contributed by atoms with E-state index in [0.29, 0.717) is 38.0 Å². The van der Waals surface area contributed by atoms with Crippen LogP contribution in [0, 0.1) is 0 Å². The first-order chi connectivity index (χ1) is 10.1. The maximum Gasteiger partial charge on any atom is 0.229 e. The second-order valence-electron chi connectivity index (χ2n) is 4.99. The molecule has 112 valence electrons. The van der Waals surface area contributed by atoms with Crippen LogP contribution >= 0.6 is 0 Å². The van der Waals surface area contributed by atoms with Gasteiger partial charge in [0, 0.05) is 38.0 Å². The van der Waals surface area contributed by atoms with Crippen molar-refractivity contribution in [3.8, 4) is 0 Å². The van der Waals surface area contributed by atoms with E-state index in [-0.39, 0.29) is 24.1 Å². The standard InChI is InChI=1S/C15H19N3O3/c16-10-11-3-5-12(6-4-11)17-13(19)2-1-9-18-14(20)7-8-15(18)21/h3-6H,1-2,7-10,16H2,(H,17,19). The van der Waals surface area contributed by atoms with E-state index in [1.165, 1.54) is 4.90 Å². The van der Waals surface area contributed by atoms with Crippen molar-refractivity contribution in [1.29, 1.82) is 0 Å². The second-order valence-corrected chi connectivity index (χ2v) is 4.99. The molecule has 0 radical (unpaired) electrons. The molecule has 0 aromatic heterocycles. The Kier molecular flexibility index (Phi) is 5.05. The van der Waals surface area contributed by atoms with Crippen molar-refractivity contribution in [3.63, 3.8) is 0 Å². The number of hydrogen-bond donors (Lipinski definition) is 2. The number of nitrogens with two attached hydrogens (primary N) is 1. The van der Waals surface area contributed by atoms with Gasteiger partial charge in [-0.15, -0.1) is 0 Å². The fourth-order valence-electron chi connectivity index (χ4n) is 2.22. The van der Waals surface area contributed by atoms with E-state index in [4.69, 9.17) is 5.73 Å². The smallest absolute Gasteiger partial charge is 0.229 e. The first kappa shape index (κ1) is 15.2. The van der Waals surface area contributed by atoms with Crippen molar-refractivity contribution in [3.05, 3.63) is 29.8 Å². The summed E-state index contributed by atoms with van der Waals surface area (Å²) in [6.07, 6.45) is 1.33. The monoisotopic (exact) mass is 289 g/mol. The fraction of sp³-hybridized carbons (Fsp3) is 0.400. The van der Waals surface area contributed by atoms with Crippen molar-refractivity contribution in [2.45, 2.75) is 32.2 Å². The zero-order valence-electron chi connectivity index (χ0n) is 11.8. The third-order valence-electron chi connectivity index (χ3n) is 3.41. The highest BCUT2D eigenvalue weighted by Crippen LogP contribution is 2.13. The summed E-state index contributed by atoms with van der Waals surface area (Å²) in [5.41, 5.74) is 7.21. The van der Waals surface area contributed by atoms with E-state index in [9.17, 15) is 14.4 Å². The summed E-state index contributed by atoms with van der Waals surface area (Å²) in [5.74, 6) is -0.412. The lowest BCUT2D eigenvalue weighted by molar-refractivity contribution is -0.138. The molecule has 0 aliphatic carbocycles. The van der Waals surface area contributed by atoms with Crippen molar-refractivity contribution in [2.75, 3.05) is 11.9 Å². The predicted molar refractivity (Wildman–Crippen MR) is 78.2 cm³/mol. The molecule has 21 heavy (non-hydrogen) atoms. The number of nitrogens with zero attached hydrogens (tertiary/aromatic N) is 1. The Morgan fingerprint density at radius 2 is 1.76 bits per heavy atom. The number of anilines is 1. The third-order valence-corrected chi connectivity index (χ3v) is 3.41. The summed E-state index contributed by atoms with van der Waals surface area (Å²) in [4.78, 5) is 35.8. The quantitative estimate of drug-likeness (QED) is 0.764. The Hall–Kier alpha value is -2.21. The van der Waals surface area contributed by atoms with Crippen LogP contribution < -0.4 is 11.1 Å². The second kappa shape index (κ2) is 6.99. The van der Waals surface area contributed by atoms with Gasteiger partial charge >= 0.3 is 0 Å². The minimum atomic E-state index is -0.141. The van der Waals surface area contributed by atoms with E-state index in [1.54, 1.807) is 12.1 Å². The van der Waals surface area contributed by atoms with E-state index in [0.717, 1.165) is 5.56 Å². The van der Waals surface area contributed by atoms with Gasteiger partial charge in [-0.1, -0.05) is 12.1 Å². The van der Waals surface area contributed by atoms with Gasteiger partial charge in [0.1, 0.15) is 0 Å². The molecule has 1 aromatic rings. The summed E-state index contributed by atoms with van der Waals surface area (Å²) in [6, 6.07) is 7.32. The average Bonchev–Trinajstić information content (AvgIpc) is 2.80. The molecule has 1 fully saturated rings. The molecular weight excluding hydrogens is 270 g/mol. The van der Waals surface area contributed by atoms with Gasteiger partial charge in [0.15, 0.2) is 0 Å². The zero-order valence-corrected chi connectivity index (χ0v) is 11.8. The molecule has 2 rings (SSSR count). The van der Waals surface area contributed by atoms with Crippen LogP contribution in [-0.4, -0.2) is 29.2 Å².